The van der Waals surface area contributed by atoms with Gasteiger partial charge in [0.15, 0.2) is 0 Å². The highest BCUT2D eigenvalue weighted by Crippen LogP contribution is 2.24. The number of rotatable bonds is 3. The maximum atomic E-state index is 11.8. The van der Waals surface area contributed by atoms with Crippen LogP contribution in [-0.4, -0.2) is 49.6 Å². The Bertz CT molecular complexity index is 378. The van der Waals surface area contributed by atoms with Crippen molar-refractivity contribution in [3.05, 3.63) is 11.6 Å². The lowest BCUT2D eigenvalue weighted by atomic mass is 9.87. The first-order valence-corrected chi connectivity index (χ1v) is 6.49. The molecule has 0 saturated carbocycles. The van der Waals surface area contributed by atoms with Crippen LogP contribution >= 0.6 is 0 Å². The minimum absolute atomic E-state index is 0.150. The number of likely N-dealkylation sites (tertiary alicyclic amines) is 1. The number of esters is 1. The molecule has 0 bridgehead atoms. The molecular weight excluding hydrogens is 232 g/mol. The second-order valence-electron chi connectivity index (χ2n) is 4.91. The maximum absolute atomic E-state index is 11.8. The zero-order valence-corrected chi connectivity index (χ0v) is 10.9. The van der Waals surface area contributed by atoms with E-state index in [0.717, 1.165) is 32.5 Å². The van der Waals surface area contributed by atoms with Crippen LogP contribution in [0.5, 0.6) is 0 Å². The van der Waals surface area contributed by atoms with Crippen molar-refractivity contribution in [2.45, 2.75) is 25.8 Å². The van der Waals surface area contributed by atoms with Gasteiger partial charge in [0.05, 0.1) is 7.11 Å². The van der Waals surface area contributed by atoms with Crippen LogP contribution < -0.4 is 5.32 Å². The highest BCUT2D eigenvalue weighted by molar-refractivity contribution is 6.16. The molecule has 2 atom stereocenters. The predicted octanol–water partition coefficient (Wildman–Crippen LogP) is 0.316. The van der Waals surface area contributed by atoms with Crippen LogP contribution in [0.25, 0.3) is 0 Å². The van der Waals surface area contributed by atoms with Gasteiger partial charge in [-0.1, -0.05) is 13.0 Å². The first-order valence-electron chi connectivity index (χ1n) is 6.49. The van der Waals surface area contributed by atoms with E-state index in [4.69, 9.17) is 0 Å². The van der Waals surface area contributed by atoms with Crippen molar-refractivity contribution in [1.29, 1.82) is 0 Å². The second-order valence-corrected chi connectivity index (χ2v) is 4.91. The maximum Gasteiger partial charge on any atom is 0.343 e. The van der Waals surface area contributed by atoms with Crippen molar-refractivity contribution in [3.63, 3.8) is 0 Å². The standard InChI is InChI=1S/C13H20N2O3/c1-3-5-15-6-4-11-9(8-15)7-10(12(16)14-11)13(17)18-2/h7,9,11H,3-6,8H2,1-2H3,(H,14,16)/t9-,11+/m1/s1. The smallest absolute Gasteiger partial charge is 0.343 e. The number of fused-ring (bicyclic) bond motifs is 1. The zero-order chi connectivity index (χ0) is 13.1. The Labute approximate surface area is 107 Å². The third kappa shape index (κ3) is 2.56. The van der Waals surface area contributed by atoms with Gasteiger partial charge in [0.2, 0.25) is 0 Å². The minimum atomic E-state index is -0.543. The van der Waals surface area contributed by atoms with Crippen LogP contribution in [0.3, 0.4) is 0 Å². The van der Waals surface area contributed by atoms with Gasteiger partial charge < -0.3 is 15.0 Å². The second kappa shape index (κ2) is 5.52. The molecule has 2 rings (SSSR count). The Kier molecular flexibility index (Phi) is 4.01. The molecule has 2 aliphatic heterocycles. The molecule has 2 aliphatic rings. The largest absolute Gasteiger partial charge is 0.465 e. The fraction of sp³-hybridized carbons (Fsp3) is 0.692. The van der Waals surface area contributed by atoms with Gasteiger partial charge >= 0.3 is 5.97 Å². The molecule has 100 valence electrons. The van der Waals surface area contributed by atoms with Gasteiger partial charge in [0, 0.05) is 25.0 Å². The van der Waals surface area contributed by atoms with E-state index in [2.05, 4.69) is 21.9 Å². The third-order valence-electron chi connectivity index (χ3n) is 3.63. The summed E-state index contributed by atoms with van der Waals surface area (Å²) < 4.78 is 4.63. The summed E-state index contributed by atoms with van der Waals surface area (Å²) in [7, 11) is 1.30. The quantitative estimate of drug-likeness (QED) is 0.580. The summed E-state index contributed by atoms with van der Waals surface area (Å²) in [4.78, 5) is 25.6. The number of methoxy groups -OCH3 is 1. The lowest BCUT2D eigenvalue weighted by Gasteiger charge is -2.39. The van der Waals surface area contributed by atoms with Crippen LogP contribution in [0, 0.1) is 5.92 Å². The topological polar surface area (TPSA) is 58.6 Å². The van der Waals surface area contributed by atoms with Crippen molar-refractivity contribution >= 4 is 11.9 Å². The summed E-state index contributed by atoms with van der Waals surface area (Å²) in [5.41, 5.74) is 0.150. The van der Waals surface area contributed by atoms with Gasteiger partial charge in [-0.3, -0.25) is 4.79 Å². The molecule has 0 aromatic heterocycles. The molecule has 0 aromatic rings. The van der Waals surface area contributed by atoms with Gasteiger partial charge in [0.25, 0.3) is 5.91 Å². The molecule has 1 amide bonds. The van der Waals surface area contributed by atoms with Crippen LogP contribution in [0.4, 0.5) is 0 Å². The van der Waals surface area contributed by atoms with Gasteiger partial charge in [0.1, 0.15) is 5.57 Å². The number of hydrogen-bond acceptors (Lipinski definition) is 4. The first-order chi connectivity index (χ1) is 8.65. The van der Waals surface area contributed by atoms with E-state index in [-0.39, 0.29) is 23.4 Å². The Morgan fingerprint density at radius 2 is 2.39 bits per heavy atom. The van der Waals surface area contributed by atoms with Crippen molar-refractivity contribution < 1.29 is 14.3 Å². The number of nitrogens with zero attached hydrogens (tertiary/aromatic N) is 1. The summed E-state index contributed by atoms with van der Waals surface area (Å²) in [5, 5.41) is 2.91. The number of piperidine rings is 1. The molecule has 0 unspecified atom stereocenters. The molecule has 1 fully saturated rings. The first kappa shape index (κ1) is 13.1. The monoisotopic (exact) mass is 252 g/mol. The molecule has 0 radical (unpaired) electrons. The van der Waals surface area contributed by atoms with E-state index in [9.17, 15) is 9.59 Å². The Hall–Kier alpha value is -1.36. The Morgan fingerprint density at radius 3 is 3.06 bits per heavy atom. The molecule has 18 heavy (non-hydrogen) atoms. The Morgan fingerprint density at radius 1 is 1.61 bits per heavy atom. The lowest BCUT2D eigenvalue weighted by Crippen LogP contribution is -2.54. The summed E-state index contributed by atoms with van der Waals surface area (Å²) in [6.07, 6.45) is 3.86. The number of carbonyl (C=O) groups excluding carboxylic acids is 2. The van der Waals surface area contributed by atoms with Crippen LogP contribution in [0.2, 0.25) is 0 Å². The summed E-state index contributed by atoms with van der Waals surface area (Å²) in [5.74, 6) is -0.622. The van der Waals surface area contributed by atoms with E-state index >= 15 is 0 Å². The molecule has 0 spiro atoms. The third-order valence-corrected chi connectivity index (χ3v) is 3.63. The molecular formula is C13H20N2O3. The average molecular weight is 252 g/mol. The van der Waals surface area contributed by atoms with Crippen LogP contribution in [-0.2, 0) is 14.3 Å². The van der Waals surface area contributed by atoms with Crippen LogP contribution in [0.1, 0.15) is 19.8 Å². The van der Waals surface area contributed by atoms with Gasteiger partial charge in [-0.15, -0.1) is 0 Å². The van der Waals surface area contributed by atoms with Crippen molar-refractivity contribution in [2.24, 2.45) is 5.92 Å². The van der Waals surface area contributed by atoms with Crippen molar-refractivity contribution in [3.8, 4) is 0 Å². The molecule has 5 heteroatoms. The highest BCUT2D eigenvalue weighted by Gasteiger charge is 2.35. The van der Waals surface area contributed by atoms with Crippen molar-refractivity contribution in [2.75, 3.05) is 26.7 Å². The SMILES string of the molecule is CCCN1CC[C@@H]2NC(=O)C(C(=O)OC)=C[C@@H]2C1. The van der Waals surface area contributed by atoms with Gasteiger partial charge in [-0.25, -0.2) is 4.79 Å². The van der Waals surface area contributed by atoms with Gasteiger partial charge in [-0.05, 0) is 19.4 Å². The average Bonchev–Trinajstić information content (AvgIpc) is 2.38. The van der Waals surface area contributed by atoms with Crippen molar-refractivity contribution in [1.82, 2.24) is 10.2 Å². The highest BCUT2D eigenvalue weighted by atomic mass is 16.5. The molecule has 1 saturated heterocycles. The van der Waals surface area contributed by atoms with E-state index in [0.29, 0.717) is 0 Å². The summed E-state index contributed by atoms with van der Waals surface area (Å²) in [6.45, 7) is 5.14. The number of ether oxygens (including phenoxy) is 1. The fourth-order valence-corrected chi connectivity index (χ4v) is 2.73. The van der Waals surface area contributed by atoms with E-state index in [1.807, 2.05) is 0 Å². The lowest BCUT2D eigenvalue weighted by molar-refractivity contribution is -0.138. The molecule has 2 heterocycles. The number of hydrogen-bond donors (Lipinski definition) is 1. The molecule has 0 aliphatic carbocycles. The number of carbonyl (C=O) groups is 2. The summed E-state index contributed by atoms with van der Waals surface area (Å²) >= 11 is 0. The van der Waals surface area contributed by atoms with Crippen LogP contribution in [0.15, 0.2) is 11.6 Å². The number of nitrogens with one attached hydrogen (secondary N) is 1. The number of amides is 1. The minimum Gasteiger partial charge on any atom is -0.465 e. The van der Waals surface area contributed by atoms with E-state index in [1.54, 1.807) is 6.08 Å². The Balaban J connectivity index is 2.12. The zero-order valence-electron chi connectivity index (χ0n) is 10.9. The normalized spacial score (nSPS) is 28.1. The van der Waals surface area contributed by atoms with Gasteiger partial charge in [-0.2, -0.15) is 0 Å². The summed E-state index contributed by atoms with van der Waals surface area (Å²) in [6, 6.07) is 0.166. The molecule has 0 aromatic carbocycles. The molecule has 5 nitrogen and oxygen atoms in total. The van der Waals surface area contributed by atoms with E-state index < -0.39 is 5.97 Å². The van der Waals surface area contributed by atoms with E-state index in [1.165, 1.54) is 7.11 Å². The fourth-order valence-electron chi connectivity index (χ4n) is 2.73. The predicted molar refractivity (Wildman–Crippen MR) is 66.9 cm³/mol. The molecule has 1 N–H and O–H groups in total.